The number of rotatable bonds is 1. The Balaban J connectivity index is 1.85. The number of nitrogens with two attached hydrogens (primary N) is 1. The molecule has 1 aliphatic heterocycles. The maximum absolute atomic E-state index is 13.0. The highest BCUT2D eigenvalue weighted by Crippen LogP contribution is 2.30. The molecule has 1 heterocycles. The predicted molar refractivity (Wildman–Crippen MR) is 85.1 cm³/mol. The fourth-order valence-corrected chi connectivity index (χ4v) is 3.57. The summed E-state index contributed by atoms with van der Waals surface area (Å²) in [5.74, 6) is 0.373. The summed E-state index contributed by atoms with van der Waals surface area (Å²) in [5.41, 5.74) is 8.39. The number of para-hydroxylation sites is 1. The van der Waals surface area contributed by atoms with E-state index in [2.05, 4.69) is 30.1 Å². The Bertz CT molecular complexity index is 517. The number of anilines is 1. The average Bonchev–Trinajstić information content (AvgIpc) is 2.65. The number of carbonyl (C=O) groups excluding carboxylic acids is 1. The Labute approximate surface area is 126 Å². The summed E-state index contributed by atoms with van der Waals surface area (Å²) in [4.78, 5) is 17.3. The van der Waals surface area contributed by atoms with Gasteiger partial charge >= 0.3 is 0 Å². The average molecular weight is 287 g/mol. The molecule has 0 spiro atoms. The summed E-state index contributed by atoms with van der Waals surface area (Å²) in [6.07, 6.45) is 3.96. The van der Waals surface area contributed by atoms with Crippen LogP contribution in [0.4, 0.5) is 5.69 Å². The topological polar surface area (TPSA) is 49.6 Å². The number of hydrogen-bond donors (Lipinski definition) is 1. The lowest BCUT2D eigenvalue weighted by Gasteiger charge is -2.31. The van der Waals surface area contributed by atoms with Gasteiger partial charge in [-0.2, -0.15) is 0 Å². The molecular weight excluding hydrogens is 262 g/mol. The Morgan fingerprint density at radius 1 is 1.24 bits per heavy atom. The van der Waals surface area contributed by atoms with E-state index in [-0.39, 0.29) is 17.9 Å². The summed E-state index contributed by atoms with van der Waals surface area (Å²) in [6, 6.07) is 8.48. The molecule has 0 saturated heterocycles. The lowest BCUT2D eigenvalue weighted by molar-refractivity contribution is -0.123. The van der Waals surface area contributed by atoms with Crippen molar-refractivity contribution in [2.75, 3.05) is 25.0 Å². The molecule has 1 saturated carbocycles. The van der Waals surface area contributed by atoms with E-state index in [9.17, 15) is 4.79 Å². The Morgan fingerprint density at radius 2 is 2.05 bits per heavy atom. The van der Waals surface area contributed by atoms with E-state index >= 15 is 0 Å². The molecule has 2 N–H and O–H groups in total. The zero-order chi connectivity index (χ0) is 14.8. The first kappa shape index (κ1) is 14.5. The molecular formula is C17H25N3O. The number of carbonyl (C=O) groups is 1. The molecule has 1 amide bonds. The number of benzene rings is 1. The van der Waals surface area contributed by atoms with E-state index in [1.165, 1.54) is 5.56 Å². The third-order valence-corrected chi connectivity index (χ3v) is 4.76. The third-order valence-electron chi connectivity index (χ3n) is 4.76. The predicted octanol–water partition coefficient (Wildman–Crippen LogP) is 1.98. The van der Waals surface area contributed by atoms with Gasteiger partial charge < -0.3 is 15.5 Å². The number of hydrogen-bond acceptors (Lipinski definition) is 3. The van der Waals surface area contributed by atoms with Gasteiger partial charge in [0.05, 0.1) is 0 Å². The van der Waals surface area contributed by atoms with Crippen LogP contribution < -0.4 is 10.6 Å². The summed E-state index contributed by atoms with van der Waals surface area (Å²) >= 11 is 0. The van der Waals surface area contributed by atoms with E-state index in [4.69, 9.17) is 5.73 Å². The second-order valence-electron chi connectivity index (χ2n) is 6.48. The molecule has 21 heavy (non-hydrogen) atoms. The van der Waals surface area contributed by atoms with E-state index in [0.29, 0.717) is 0 Å². The van der Waals surface area contributed by atoms with E-state index in [0.717, 1.165) is 51.0 Å². The lowest BCUT2D eigenvalue weighted by Crippen LogP contribution is -2.42. The van der Waals surface area contributed by atoms with Crippen molar-refractivity contribution < 1.29 is 4.79 Å². The number of amides is 1. The van der Waals surface area contributed by atoms with Crippen LogP contribution in [0.15, 0.2) is 24.3 Å². The van der Waals surface area contributed by atoms with Crippen molar-refractivity contribution in [3.8, 4) is 0 Å². The number of likely N-dealkylation sites (N-methyl/N-ethyl adjacent to an activating group) is 1. The van der Waals surface area contributed by atoms with E-state index < -0.39 is 0 Å². The van der Waals surface area contributed by atoms with Crippen LogP contribution in [0.2, 0.25) is 0 Å². The minimum absolute atomic E-state index is 0.102. The Hall–Kier alpha value is -1.39. The van der Waals surface area contributed by atoms with Gasteiger partial charge in [-0.25, -0.2) is 0 Å². The summed E-state index contributed by atoms with van der Waals surface area (Å²) in [7, 11) is 2.11. The van der Waals surface area contributed by atoms with Crippen LogP contribution in [0.25, 0.3) is 0 Å². The zero-order valence-electron chi connectivity index (χ0n) is 12.8. The maximum atomic E-state index is 13.0. The largest absolute Gasteiger partial charge is 0.328 e. The van der Waals surface area contributed by atoms with Gasteiger partial charge in [0.15, 0.2) is 0 Å². The molecule has 2 atom stereocenters. The molecule has 1 aromatic rings. The quantitative estimate of drug-likeness (QED) is 0.859. The highest BCUT2D eigenvalue weighted by molar-refractivity contribution is 5.96. The molecule has 114 valence electrons. The molecule has 4 heteroatoms. The summed E-state index contributed by atoms with van der Waals surface area (Å²) in [5, 5.41) is 0. The van der Waals surface area contributed by atoms with Gasteiger partial charge in [-0.1, -0.05) is 24.6 Å². The van der Waals surface area contributed by atoms with Gasteiger partial charge in [-0.05, 0) is 37.9 Å². The minimum Gasteiger partial charge on any atom is -0.328 e. The van der Waals surface area contributed by atoms with Gasteiger partial charge in [0, 0.05) is 37.3 Å². The standard InChI is InChI=1S/C17H25N3O/c1-19-9-10-20(16-8-3-2-5-14(16)12-19)17(21)13-6-4-7-15(18)11-13/h2-3,5,8,13,15H,4,6-7,9-12,18H2,1H3. The van der Waals surface area contributed by atoms with Gasteiger partial charge in [-0.3, -0.25) is 4.79 Å². The van der Waals surface area contributed by atoms with Crippen LogP contribution in [0.3, 0.4) is 0 Å². The van der Waals surface area contributed by atoms with Crippen LogP contribution in [0.5, 0.6) is 0 Å². The molecule has 0 aromatic heterocycles. The number of fused-ring (bicyclic) bond motifs is 1. The second-order valence-corrected chi connectivity index (χ2v) is 6.48. The SMILES string of the molecule is CN1CCN(C(=O)C2CCCC(N)C2)c2ccccc2C1. The smallest absolute Gasteiger partial charge is 0.230 e. The molecule has 2 unspecified atom stereocenters. The fourth-order valence-electron chi connectivity index (χ4n) is 3.57. The molecule has 0 radical (unpaired) electrons. The monoisotopic (exact) mass is 287 g/mol. The van der Waals surface area contributed by atoms with Crippen molar-refractivity contribution in [2.45, 2.75) is 38.3 Å². The first-order valence-corrected chi connectivity index (χ1v) is 7.98. The van der Waals surface area contributed by atoms with Gasteiger partial charge in [-0.15, -0.1) is 0 Å². The molecule has 1 aliphatic carbocycles. The van der Waals surface area contributed by atoms with Crippen molar-refractivity contribution in [1.29, 1.82) is 0 Å². The summed E-state index contributed by atoms with van der Waals surface area (Å²) in [6.45, 7) is 2.60. The van der Waals surface area contributed by atoms with Gasteiger partial charge in [0.2, 0.25) is 5.91 Å². The number of nitrogens with zero attached hydrogens (tertiary/aromatic N) is 2. The van der Waals surface area contributed by atoms with Gasteiger partial charge in [0.1, 0.15) is 0 Å². The molecule has 1 aromatic carbocycles. The second kappa shape index (κ2) is 6.16. The Morgan fingerprint density at radius 3 is 2.86 bits per heavy atom. The molecule has 3 rings (SSSR count). The highest BCUT2D eigenvalue weighted by atomic mass is 16.2. The first-order chi connectivity index (χ1) is 10.1. The normalized spacial score (nSPS) is 27.0. The van der Waals surface area contributed by atoms with Crippen molar-refractivity contribution in [3.63, 3.8) is 0 Å². The molecule has 1 fully saturated rings. The van der Waals surface area contributed by atoms with Crippen molar-refractivity contribution in [2.24, 2.45) is 11.7 Å². The van der Waals surface area contributed by atoms with Crippen LogP contribution in [-0.2, 0) is 11.3 Å². The first-order valence-electron chi connectivity index (χ1n) is 7.98. The van der Waals surface area contributed by atoms with Crippen molar-refractivity contribution in [3.05, 3.63) is 29.8 Å². The molecule has 2 aliphatic rings. The van der Waals surface area contributed by atoms with E-state index in [1.807, 2.05) is 11.0 Å². The lowest BCUT2D eigenvalue weighted by atomic mass is 9.85. The molecule has 0 bridgehead atoms. The van der Waals surface area contributed by atoms with Crippen LogP contribution in [-0.4, -0.2) is 37.0 Å². The fraction of sp³-hybridized carbons (Fsp3) is 0.588. The van der Waals surface area contributed by atoms with Crippen molar-refractivity contribution >= 4 is 11.6 Å². The minimum atomic E-state index is 0.102. The van der Waals surface area contributed by atoms with Crippen molar-refractivity contribution in [1.82, 2.24) is 4.90 Å². The summed E-state index contributed by atoms with van der Waals surface area (Å²) < 4.78 is 0. The van der Waals surface area contributed by atoms with Crippen LogP contribution >= 0.6 is 0 Å². The van der Waals surface area contributed by atoms with Crippen LogP contribution in [0, 0.1) is 5.92 Å². The Kier molecular flexibility index (Phi) is 4.27. The highest BCUT2D eigenvalue weighted by Gasteiger charge is 2.31. The zero-order valence-corrected chi connectivity index (χ0v) is 12.8. The van der Waals surface area contributed by atoms with Crippen LogP contribution in [0.1, 0.15) is 31.2 Å². The van der Waals surface area contributed by atoms with Gasteiger partial charge in [0.25, 0.3) is 0 Å². The third kappa shape index (κ3) is 3.11. The molecule has 4 nitrogen and oxygen atoms in total. The van der Waals surface area contributed by atoms with E-state index in [1.54, 1.807) is 0 Å². The maximum Gasteiger partial charge on any atom is 0.230 e.